The Balaban J connectivity index is 1.45. The van der Waals surface area contributed by atoms with Crippen LogP contribution in [0.25, 0.3) is 10.6 Å². The molecular weight excluding hydrogens is 366 g/mol. The molecule has 4 rings (SSSR count). The second kappa shape index (κ2) is 8.52. The zero-order valence-corrected chi connectivity index (χ0v) is 17.0. The first-order chi connectivity index (χ1) is 13.7. The van der Waals surface area contributed by atoms with E-state index in [1.54, 1.807) is 17.5 Å². The van der Waals surface area contributed by atoms with Gasteiger partial charge in [-0.05, 0) is 50.2 Å². The minimum atomic E-state index is 0.825. The fourth-order valence-corrected chi connectivity index (χ4v) is 4.46. The third-order valence-electron chi connectivity index (χ3n) is 5.11. The van der Waals surface area contributed by atoms with Crippen molar-refractivity contribution in [2.24, 2.45) is 0 Å². The van der Waals surface area contributed by atoms with Crippen LogP contribution in [-0.4, -0.2) is 34.6 Å². The second-order valence-electron chi connectivity index (χ2n) is 6.96. The fourth-order valence-electron chi connectivity index (χ4n) is 3.51. The lowest BCUT2D eigenvalue weighted by atomic mass is 10.2. The largest absolute Gasteiger partial charge is 0.357 e. The van der Waals surface area contributed by atoms with Gasteiger partial charge in [0.25, 0.3) is 0 Å². The van der Waals surface area contributed by atoms with Gasteiger partial charge >= 0.3 is 0 Å². The summed E-state index contributed by atoms with van der Waals surface area (Å²) in [6.45, 7) is 9.13. The minimum absolute atomic E-state index is 0.825. The molecule has 0 aliphatic carbocycles. The van der Waals surface area contributed by atoms with Crippen LogP contribution in [0.1, 0.15) is 23.4 Å². The summed E-state index contributed by atoms with van der Waals surface area (Å²) in [5, 5.41) is 1.04. The third-order valence-corrected chi connectivity index (χ3v) is 6.17. The van der Waals surface area contributed by atoms with Gasteiger partial charge in [0.15, 0.2) is 0 Å². The van der Waals surface area contributed by atoms with Gasteiger partial charge in [0.2, 0.25) is 0 Å². The Labute approximate surface area is 170 Å². The number of hydrogen-bond acceptors (Lipinski definition) is 6. The zero-order valence-electron chi connectivity index (χ0n) is 16.2. The maximum atomic E-state index is 4.90. The molecule has 0 spiro atoms. The molecule has 3 aromatic heterocycles. The van der Waals surface area contributed by atoms with Crippen molar-refractivity contribution < 1.29 is 0 Å². The van der Waals surface area contributed by atoms with Crippen molar-refractivity contribution >= 4 is 22.8 Å². The summed E-state index contributed by atoms with van der Waals surface area (Å²) in [7, 11) is 0. The van der Waals surface area contributed by atoms with Crippen molar-refractivity contribution in [3.63, 3.8) is 0 Å². The molecule has 6 heteroatoms. The van der Waals surface area contributed by atoms with E-state index in [1.165, 1.54) is 17.7 Å². The monoisotopic (exact) mass is 391 g/mol. The van der Waals surface area contributed by atoms with Gasteiger partial charge < -0.3 is 9.80 Å². The minimum Gasteiger partial charge on any atom is -0.357 e. The summed E-state index contributed by atoms with van der Waals surface area (Å²) < 4.78 is 0. The normalized spacial score (nSPS) is 13.7. The summed E-state index contributed by atoms with van der Waals surface area (Å²) >= 11 is 1.74. The molecule has 144 valence electrons. The van der Waals surface area contributed by atoms with Crippen LogP contribution in [0, 0.1) is 6.92 Å². The molecule has 0 radical (unpaired) electrons. The molecule has 5 nitrogen and oxygen atoms in total. The van der Waals surface area contributed by atoms with E-state index in [1.807, 2.05) is 30.7 Å². The summed E-state index contributed by atoms with van der Waals surface area (Å²) in [5.41, 5.74) is 3.28. The molecule has 28 heavy (non-hydrogen) atoms. The fraction of sp³-hybridized carbons (Fsp3) is 0.318. The van der Waals surface area contributed by atoms with Gasteiger partial charge in [-0.1, -0.05) is 6.58 Å². The molecule has 1 saturated heterocycles. The summed E-state index contributed by atoms with van der Waals surface area (Å²) in [4.78, 5) is 19.5. The average Bonchev–Trinajstić information content (AvgIpc) is 3.40. The number of aromatic nitrogens is 3. The van der Waals surface area contributed by atoms with Crippen LogP contribution in [0.3, 0.4) is 0 Å². The number of anilines is 2. The Hall–Kier alpha value is -2.73. The predicted octanol–water partition coefficient (Wildman–Crippen LogP) is 4.70. The van der Waals surface area contributed by atoms with Crippen LogP contribution in [0.2, 0.25) is 0 Å². The SMILES string of the molecule is C=CN(CCc1nc(-c2ccc(N3CCCC3)nc2)sc1C)c1cccnc1. The van der Waals surface area contributed by atoms with Crippen molar-refractivity contribution in [1.82, 2.24) is 15.0 Å². The molecule has 1 aliphatic rings. The Morgan fingerprint density at radius 3 is 2.75 bits per heavy atom. The van der Waals surface area contributed by atoms with Gasteiger partial charge in [0.1, 0.15) is 10.8 Å². The molecule has 0 aromatic carbocycles. The highest BCUT2D eigenvalue weighted by atomic mass is 32.1. The molecule has 0 saturated carbocycles. The lowest BCUT2D eigenvalue weighted by Crippen LogP contribution is -2.19. The number of hydrogen-bond donors (Lipinski definition) is 0. The molecule has 0 amide bonds. The van der Waals surface area contributed by atoms with Gasteiger partial charge in [-0.25, -0.2) is 9.97 Å². The van der Waals surface area contributed by atoms with E-state index in [0.717, 1.165) is 53.8 Å². The quantitative estimate of drug-likeness (QED) is 0.584. The highest BCUT2D eigenvalue weighted by Crippen LogP contribution is 2.29. The Morgan fingerprint density at radius 1 is 1.21 bits per heavy atom. The van der Waals surface area contributed by atoms with Crippen LogP contribution < -0.4 is 9.80 Å². The first kappa shape index (κ1) is 18.6. The highest BCUT2D eigenvalue weighted by molar-refractivity contribution is 7.15. The van der Waals surface area contributed by atoms with Crippen molar-refractivity contribution in [1.29, 1.82) is 0 Å². The number of pyridine rings is 2. The van der Waals surface area contributed by atoms with E-state index >= 15 is 0 Å². The summed E-state index contributed by atoms with van der Waals surface area (Å²) in [6.07, 6.45) is 10.8. The molecule has 0 unspecified atom stereocenters. The van der Waals surface area contributed by atoms with Crippen LogP contribution >= 0.6 is 11.3 Å². The first-order valence-corrected chi connectivity index (χ1v) is 10.5. The van der Waals surface area contributed by atoms with Gasteiger partial charge in [-0.3, -0.25) is 4.98 Å². The molecular formula is C22H25N5S. The Morgan fingerprint density at radius 2 is 2.07 bits per heavy atom. The number of nitrogens with zero attached hydrogens (tertiary/aromatic N) is 5. The molecule has 0 bridgehead atoms. The molecule has 1 fully saturated rings. The van der Waals surface area contributed by atoms with Crippen LogP contribution in [-0.2, 0) is 6.42 Å². The zero-order chi connectivity index (χ0) is 19.3. The lowest BCUT2D eigenvalue weighted by molar-refractivity contribution is 0.879. The standard InChI is InChI=1S/C22H25N5S/c1-3-26(19-7-6-11-23-16-19)14-10-20-17(2)28-22(25-20)18-8-9-21(24-15-18)27-12-4-5-13-27/h3,6-9,11,15-16H,1,4-5,10,12-14H2,2H3. The third kappa shape index (κ3) is 4.07. The summed E-state index contributed by atoms with van der Waals surface area (Å²) in [5.74, 6) is 1.08. The highest BCUT2D eigenvalue weighted by Gasteiger charge is 2.15. The van der Waals surface area contributed by atoms with Crippen molar-refractivity contribution in [2.75, 3.05) is 29.4 Å². The van der Waals surface area contributed by atoms with E-state index in [2.05, 4.69) is 45.4 Å². The smallest absolute Gasteiger partial charge is 0.128 e. The summed E-state index contributed by atoms with van der Waals surface area (Å²) in [6, 6.07) is 8.26. The first-order valence-electron chi connectivity index (χ1n) is 9.71. The van der Waals surface area contributed by atoms with Gasteiger partial charge in [0.05, 0.1) is 17.6 Å². The lowest BCUT2D eigenvalue weighted by Gasteiger charge is -2.19. The van der Waals surface area contributed by atoms with Crippen molar-refractivity contribution in [3.8, 4) is 10.6 Å². The van der Waals surface area contributed by atoms with Crippen LogP contribution in [0.4, 0.5) is 11.5 Å². The topological polar surface area (TPSA) is 45.2 Å². The van der Waals surface area contributed by atoms with Gasteiger partial charge in [-0.2, -0.15) is 0 Å². The van der Waals surface area contributed by atoms with Gasteiger partial charge in [-0.15, -0.1) is 11.3 Å². The number of thiazole rings is 1. The van der Waals surface area contributed by atoms with E-state index < -0.39 is 0 Å². The van der Waals surface area contributed by atoms with Crippen LogP contribution in [0.15, 0.2) is 55.6 Å². The van der Waals surface area contributed by atoms with Crippen molar-refractivity contribution in [3.05, 3.63) is 66.2 Å². The maximum absolute atomic E-state index is 4.90. The predicted molar refractivity (Wildman–Crippen MR) is 117 cm³/mol. The van der Waals surface area contributed by atoms with E-state index in [-0.39, 0.29) is 0 Å². The van der Waals surface area contributed by atoms with Crippen molar-refractivity contribution in [2.45, 2.75) is 26.2 Å². The molecule has 3 aromatic rings. The van der Waals surface area contributed by atoms with Gasteiger partial charge in [0, 0.05) is 48.9 Å². The Bertz CT molecular complexity index is 914. The van der Waals surface area contributed by atoms with E-state index in [0.29, 0.717) is 0 Å². The van der Waals surface area contributed by atoms with E-state index in [4.69, 9.17) is 4.98 Å². The van der Waals surface area contributed by atoms with E-state index in [9.17, 15) is 0 Å². The molecule has 0 N–H and O–H groups in total. The molecule has 1 aliphatic heterocycles. The second-order valence-corrected chi connectivity index (χ2v) is 8.16. The average molecular weight is 392 g/mol. The maximum Gasteiger partial charge on any atom is 0.128 e. The molecule has 4 heterocycles. The van der Waals surface area contributed by atoms with Crippen LogP contribution in [0.5, 0.6) is 0 Å². The number of rotatable bonds is 7. The number of aryl methyl sites for hydroxylation is 1. The Kier molecular flexibility index (Phi) is 5.67. The molecule has 0 atom stereocenters.